The molecule has 0 amide bonds. The number of H-pyrrole nitrogens is 2. The zero-order chi connectivity index (χ0) is 35.8. The number of aryl methyl sites for hydroxylation is 4. The summed E-state index contributed by atoms with van der Waals surface area (Å²) in [6.07, 6.45) is 5.44. The van der Waals surface area contributed by atoms with Crippen molar-refractivity contribution < 1.29 is 0 Å². The third kappa shape index (κ3) is 4.81. The maximum absolute atomic E-state index is 5.48. The molecule has 7 heterocycles. The second kappa shape index (κ2) is 12.6. The van der Waals surface area contributed by atoms with Gasteiger partial charge in [-0.15, -0.1) is 0 Å². The van der Waals surface area contributed by atoms with Crippen LogP contribution in [0.25, 0.3) is 66.7 Å². The van der Waals surface area contributed by atoms with Crippen LogP contribution in [0.4, 0.5) is 0 Å². The summed E-state index contributed by atoms with van der Waals surface area (Å²) in [4.78, 5) is 29.4. The summed E-state index contributed by atoms with van der Waals surface area (Å²) in [5.41, 5.74) is 27.8. The molecular formula is C44H52N6. The van der Waals surface area contributed by atoms with Gasteiger partial charge in [0.2, 0.25) is 0 Å². The molecule has 0 aromatic carbocycles. The number of allylic oxidation sites excluding steroid dienone is 8. The Morgan fingerprint density at radius 3 is 1.06 bits per heavy atom. The molecule has 0 saturated carbocycles. The van der Waals surface area contributed by atoms with Gasteiger partial charge in [0, 0.05) is 11.0 Å². The van der Waals surface area contributed by atoms with E-state index in [0.717, 1.165) is 106 Å². The van der Waals surface area contributed by atoms with Crippen LogP contribution in [0.3, 0.4) is 0 Å². The van der Waals surface area contributed by atoms with E-state index >= 15 is 0 Å². The Bertz CT molecular complexity index is 2220. The zero-order valence-electron chi connectivity index (χ0n) is 32.2. The van der Waals surface area contributed by atoms with Crippen LogP contribution in [0, 0.1) is 13.8 Å². The van der Waals surface area contributed by atoms with Gasteiger partial charge >= 0.3 is 0 Å². The number of aromatic amines is 2. The molecule has 0 aliphatic carbocycles. The van der Waals surface area contributed by atoms with Crippen molar-refractivity contribution in [1.29, 1.82) is 0 Å². The number of nitrogens with one attached hydrogen (secondary N) is 2. The van der Waals surface area contributed by atoms with Crippen LogP contribution in [0.5, 0.6) is 0 Å². The normalized spacial score (nSPS) is 15.0. The Morgan fingerprint density at radius 2 is 0.740 bits per heavy atom. The van der Waals surface area contributed by atoms with E-state index in [1.165, 1.54) is 66.8 Å². The van der Waals surface area contributed by atoms with Crippen molar-refractivity contribution in [1.82, 2.24) is 29.9 Å². The number of rotatable bonds is 6. The second-order valence-electron chi connectivity index (χ2n) is 14.2. The second-order valence-corrected chi connectivity index (χ2v) is 14.2. The van der Waals surface area contributed by atoms with Crippen LogP contribution >= 0.6 is 0 Å². The molecule has 4 aliphatic heterocycles. The maximum atomic E-state index is 5.48. The van der Waals surface area contributed by atoms with Crippen molar-refractivity contribution in [2.24, 2.45) is 0 Å². The van der Waals surface area contributed by atoms with Crippen LogP contribution in [0.1, 0.15) is 163 Å². The first-order chi connectivity index (χ1) is 24.0. The molecule has 3 aromatic heterocycles. The lowest BCUT2D eigenvalue weighted by molar-refractivity contribution is 1.13. The van der Waals surface area contributed by atoms with Gasteiger partial charge in [-0.1, -0.05) is 41.5 Å². The number of nitrogens with zero attached hydrogens (tertiary/aromatic N) is 4. The van der Waals surface area contributed by atoms with Crippen molar-refractivity contribution in [3.05, 3.63) is 79.9 Å². The third-order valence-electron chi connectivity index (χ3n) is 11.8. The fourth-order valence-corrected chi connectivity index (χ4v) is 8.94. The molecule has 0 radical (unpaired) electrons. The van der Waals surface area contributed by atoms with Crippen molar-refractivity contribution >= 4 is 66.7 Å². The molecule has 50 heavy (non-hydrogen) atoms. The van der Waals surface area contributed by atoms with Gasteiger partial charge < -0.3 is 9.97 Å². The van der Waals surface area contributed by atoms with Gasteiger partial charge in [-0.25, -0.2) is 19.9 Å². The van der Waals surface area contributed by atoms with Gasteiger partial charge in [0.25, 0.3) is 0 Å². The molecule has 0 atom stereocenters. The Balaban J connectivity index is 1.73. The van der Waals surface area contributed by atoms with Crippen LogP contribution in [-0.2, 0) is 12.8 Å². The van der Waals surface area contributed by atoms with Crippen LogP contribution in [-0.4, -0.2) is 29.9 Å². The summed E-state index contributed by atoms with van der Waals surface area (Å²) in [7, 11) is 0. The lowest BCUT2D eigenvalue weighted by atomic mass is 9.97. The average Bonchev–Trinajstić information content (AvgIpc) is 3.91. The SMILES string of the molecule is CCC1=C(C)c2nc1cc1[nH]c(c3nc(c4nc(c5[nH]c(cc6nc2C(C)=C6CC)c(CC)c5C)C(C)=C4CC)C(CC)=C3C)c(C)c1CC. The minimum absolute atomic E-state index is 0.894. The molecule has 0 unspecified atom stereocenters. The van der Waals surface area contributed by atoms with Crippen molar-refractivity contribution in [3.63, 3.8) is 0 Å². The summed E-state index contributed by atoms with van der Waals surface area (Å²) in [6.45, 7) is 26.8. The lowest BCUT2D eigenvalue weighted by Gasteiger charge is -2.05. The summed E-state index contributed by atoms with van der Waals surface area (Å²) in [5.74, 6) is 0. The van der Waals surface area contributed by atoms with E-state index in [2.05, 4.69) is 105 Å². The highest BCUT2D eigenvalue weighted by molar-refractivity contribution is 6.04. The largest absolute Gasteiger partial charge is 0.353 e. The average molecular weight is 665 g/mol. The van der Waals surface area contributed by atoms with E-state index in [0.29, 0.717) is 0 Å². The Morgan fingerprint density at radius 1 is 0.400 bits per heavy atom. The summed E-state index contributed by atoms with van der Waals surface area (Å²) in [6, 6.07) is 4.55. The summed E-state index contributed by atoms with van der Waals surface area (Å²) >= 11 is 0. The quantitative estimate of drug-likeness (QED) is 0.275. The molecule has 0 fully saturated rings. The van der Waals surface area contributed by atoms with Gasteiger partial charge in [-0.05, 0) is 159 Å². The fraction of sp³-hybridized carbons (Fsp3) is 0.409. The molecule has 2 N–H and O–H groups in total. The first-order valence-electron chi connectivity index (χ1n) is 18.8. The first-order valence-corrected chi connectivity index (χ1v) is 18.8. The molecule has 4 aliphatic rings. The minimum atomic E-state index is 0.894. The van der Waals surface area contributed by atoms with Gasteiger partial charge in [0.05, 0.1) is 56.6 Å². The number of aromatic nitrogens is 6. The Labute approximate surface area is 297 Å². The summed E-state index contributed by atoms with van der Waals surface area (Å²) < 4.78 is 0. The van der Waals surface area contributed by atoms with E-state index in [4.69, 9.17) is 19.9 Å². The Kier molecular flexibility index (Phi) is 8.56. The first kappa shape index (κ1) is 33.9. The molecule has 6 nitrogen and oxygen atoms in total. The van der Waals surface area contributed by atoms with Gasteiger partial charge in [-0.3, -0.25) is 0 Å². The highest BCUT2D eigenvalue weighted by atomic mass is 14.9. The molecule has 6 heteroatoms. The molecular weight excluding hydrogens is 613 g/mol. The smallest absolute Gasteiger partial charge is 0.0932 e. The van der Waals surface area contributed by atoms with Crippen LogP contribution in [0.15, 0.2) is 12.1 Å². The fourth-order valence-electron chi connectivity index (χ4n) is 8.94. The molecule has 0 spiro atoms. The molecule has 3 aromatic rings. The van der Waals surface area contributed by atoms with Gasteiger partial charge in [0.15, 0.2) is 0 Å². The lowest BCUT2D eigenvalue weighted by Crippen LogP contribution is -1.92. The van der Waals surface area contributed by atoms with Crippen molar-refractivity contribution in [2.45, 2.75) is 122 Å². The van der Waals surface area contributed by atoms with Crippen molar-refractivity contribution in [2.75, 3.05) is 0 Å². The molecule has 0 saturated heterocycles. The minimum Gasteiger partial charge on any atom is -0.353 e. The molecule has 258 valence electrons. The Hall–Kier alpha value is -4.58. The van der Waals surface area contributed by atoms with Crippen molar-refractivity contribution in [3.8, 4) is 0 Å². The highest BCUT2D eigenvalue weighted by Crippen LogP contribution is 2.44. The monoisotopic (exact) mass is 664 g/mol. The van der Waals surface area contributed by atoms with E-state index in [9.17, 15) is 0 Å². The van der Waals surface area contributed by atoms with E-state index in [1.54, 1.807) is 0 Å². The van der Waals surface area contributed by atoms with Gasteiger partial charge in [0.1, 0.15) is 0 Å². The number of fused-ring (bicyclic) bond motifs is 16. The van der Waals surface area contributed by atoms with Gasteiger partial charge in [-0.2, -0.15) is 0 Å². The van der Waals surface area contributed by atoms with Crippen LogP contribution < -0.4 is 0 Å². The number of hydrogen-bond donors (Lipinski definition) is 2. The van der Waals surface area contributed by atoms with Crippen LogP contribution in [0.2, 0.25) is 0 Å². The predicted molar refractivity (Wildman–Crippen MR) is 214 cm³/mol. The highest BCUT2D eigenvalue weighted by Gasteiger charge is 2.29. The predicted octanol–water partition coefficient (Wildman–Crippen LogP) is 12.0. The number of hydrogen-bond acceptors (Lipinski definition) is 4. The zero-order valence-corrected chi connectivity index (χ0v) is 32.2. The van der Waals surface area contributed by atoms with E-state index in [1.807, 2.05) is 0 Å². The standard InChI is InChI=1S/C44H52N6/c1-13-27-21(7)37-38-22(8)28(14-2)34(46-38)20-36-30(16-4)24(10)40(48-36)42-26(12)32(18-6)44(50-42)43-31(17-5)25(11)41(49-43)39-23(9)29(15-3)35(47-39)19-33(27)45-37/h19-20,47-48H,13-18H2,1-12H3. The molecule has 12 bridgehead atoms. The summed E-state index contributed by atoms with van der Waals surface area (Å²) in [5, 5.41) is 0. The molecule has 7 rings (SSSR count). The van der Waals surface area contributed by atoms with E-state index < -0.39 is 0 Å². The topological polar surface area (TPSA) is 83.1 Å². The third-order valence-corrected chi connectivity index (χ3v) is 11.8. The van der Waals surface area contributed by atoms with E-state index in [-0.39, 0.29) is 0 Å². The maximum Gasteiger partial charge on any atom is 0.0932 e.